The maximum Gasteiger partial charge on any atom is 0.149 e. The largest absolute Gasteiger partial charge is 0.396 e. The summed E-state index contributed by atoms with van der Waals surface area (Å²) in [6.07, 6.45) is 1.69. The zero-order valence-corrected chi connectivity index (χ0v) is 6.96. The molecule has 12 heavy (non-hydrogen) atoms. The summed E-state index contributed by atoms with van der Waals surface area (Å²) in [5.41, 5.74) is 6.28. The molecule has 0 aromatic carbocycles. The standard InChI is InChI=1S/C9H11N3/c1-2-3-6-11-9-8(10)5-4-7-12-9/h4-5,7H,6,10H2,1H3,(H,11,12). The quantitative estimate of drug-likeness (QED) is 0.638. The molecule has 0 aliphatic rings. The van der Waals surface area contributed by atoms with Gasteiger partial charge in [0.15, 0.2) is 0 Å². The highest BCUT2D eigenvalue weighted by Gasteiger charge is 1.94. The van der Waals surface area contributed by atoms with Crippen LogP contribution in [-0.2, 0) is 0 Å². The Kier molecular flexibility index (Phi) is 2.97. The number of nitrogens with zero attached hydrogens (tertiary/aromatic N) is 1. The second-order valence-electron chi connectivity index (χ2n) is 2.22. The summed E-state index contributed by atoms with van der Waals surface area (Å²) in [6, 6.07) is 3.60. The Balaban J connectivity index is 2.61. The molecule has 0 aliphatic heterocycles. The van der Waals surface area contributed by atoms with E-state index in [1.54, 1.807) is 25.3 Å². The Labute approximate surface area is 72.0 Å². The zero-order chi connectivity index (χ0) is 8.81. The van der Waals surface area contributed by atoms with Crippen molar-refractivity contribution in [3.63, 3.8) is 0 Å². The molecule has 62 valence electrons. The van der Waals surface area contributed by atoms with E-state index in [2.05, 4.69) is 22.1 Å². The van der Waals surface area contributed by atoms with Gasteiger partial charge in [-0.25, -0.2) is 4.98 Å². The fourth-order valence-corrected chi connectivity index (χ4v) is 0.782. The molecule has 0 saturated heterocycles. The van der Waals surface area contributed by atoms with Gasteiger partial charge in [0.2, 0.25) is 0 Å². The zero-order valence-electron chi connectivity index (χ0n) is 6.96. The first kappa shape index (κ1) is 8.41. The molecule has 1 rings (SSSR count). The van der Waals surface area contributed by atoms with E-state index < -0.39 is 0 Å². The third-order valence-corrected chi connectivity index (χ3v) is 1.36. The van der Waals surface area contributed by atoms with Gasteiger partial charge in [-0.05, 0) is 19.1 Å². The maximum absolute atomic E-state index is 5.63. The maximum atomic E-state index is 5.63. The van der Waals surface area contributed by atoms with Gasteiger partial charge in [-0.3, -0.25) is 0 Å². The highest BCUT2D eigenvalue weighted by atomic mass is 15.0. The SMILES string of the molecule is CC#CCNc1ncccc1N. The van der Waals surface area contributed by atoms with E-state index in [1.807, 2.05) is 0 Å². The average molecular weight is 161 g/mol. The summed E-state index contributed by atoms with van der Waals surface area (Å²) >= 11 is 0. The van der Waals surface area contributed by atoms with Crippen LogP contribution in [0, 0.1) is 11.8 Å². The molecule has 0 aliphatic carbocycles. The lowest BCUT2D eigenvalue weighted by molar-refractivity contribution is 1.25. The molecule has 0 amide bonds. The molecule has 0 bridgehead atoms. The third kappa shape index (κ3) is 2.17. The Hall–Kier alpha value is -1.69. The van der Waals surface area contributed by atoms with Crippen LogP contribution >= 0.6 is 0 Å². The molecule has 1 heterocycles. The normalized spacial score (nSPS) is 8.42. The third-order valence-electron chi connectivity index (χ3n) is 1.36. The van der Waals surface area contributed by atoms with E-state index in [0.717, 1.165) is 0 Å². The van der Waals surface area contributed by atoms with Gasteiger partial charge in [-0.1, -0.05) is 5.92 Å². The van der Waals surface area contributed by atoms with Crippen molar-refractivity contribution in [3.05, 3.63) is 18.3 Å². The smallest absolute Gasteiger partial charge is 0.149 e. The lowest BCUT2D eigenvalue weighted by Gasteiger charge is -2.02. The van der Waals surface area contributed by atoms with Crippen LogP contribution in [0.1, 0.15) is 6.92 Å². The van der Waals surface area contributed by atoms with Crippen LogP contribution in [0.2, 0.25) is 0 Å². The van der Waals surface area contributed by atoms with Crippen molar-refractivity contribution >= 4 is 11.5 Å². The summed E-state index contributed by atoms with van der Waals surface area (Å²) in [4.78, 5) is 4.05. The van der Waals surface area contributed by atoms with Gasteiger partial charge < -0.3 is 11.1 Å². The van der Waals surface area contributed by atoms with Gasteiger partial charge >= 0.3 is 0 Å². The van der Waals surface area contributed by atoms with E-state index in [1.165, 1.54) is 0 Å². The van der Waals surface area contributed by atoms with E-state index in [4.69, 9.17) is 5.73 Å². The minimum absolute atomic E-state index is 0.581. The van der Waals surface area contributed by atoms with Crippen LogP contribution in [0.3, 0.4) is 0 Å². The summed E-state index contributed by atoms with van der Waals surface area (Å²) in [5, 5.41) is 3.00. The number of nitrogens with one attached hydrogen (secondary N) is 1. The number of aromatic nitrogens is 1. The monoisotopic (exact) mass is 161 g/mol. The molecular weight excluding hydrogens is 150 g/mol. The number of nitrogen functional groups attached to an aromatic ring is 1. The van der Waals surface area contributed by atoms with Gasteiger partial charge in [-0.2, -0.15) is 0 Å². The van der Waals surface area contributed by atoms with Crippen LogP contribution in [0.4, 0.5) is 11.5 Å². The van der Waals surface area contributed by atoms with Crippen LogP contribution in [0.5, 0.6) is 0 Å². The van der Waals surface area contributed by atoms with E-state index in [9.17, 15) is 0 Å². The van der Waals surface area contributed by atoms with Crippen LogP contribution in [-0.4, -0.2) is 11.5 Å². The molecule has 0 radical (unpaired) electrons. The molecule has 3 nitrogen and oxygen atoms in total. The van der Waals surface area contributed by atoms with Crippen molar-refractivity contribution in [2.75, 3.05) is 17.6 Å². The second kappa shape index (κ2) is 4.24. The van der Waals surface area contributed by atoms with Crippen LogP contribution in [0.25, 0.3) is 0 Å². The van der Waals surface area contributed by atoms with Gasteiger partial charge in [-0.15, -0.1) is 5.92 Å². The number of pyridine rings is 1. The van der Waals surface area contributed by atoms with Crippen molar-refractivity contribution in [1.29, 1.82) is 0 Å². The molecule has 0 saturated carbocycles. The number of anilines is 2. The first-order chi connectivity index (χ1) is 5.84. The van der Waals surface area contributed by atoms with Gasteiger partial charge in [0.05, 0.1) is 12.2 Å². The second-order valence-corrected chi connectivity index (χ2v) is 2.22. The summed E-state index contributed by atoms with van der Waals surface area (Å²) in [5.74, 6) is 6.34. The van der Waals surface area contributed by atoms with Crippen molar-refractivity contribution < 1.29 is 0 Å². The van der Waals surface area contributed by atoms with Crippen molar-refractivity contribution in [2.24, 2.45) is 0 Å². The van der Waals surface area contributed by atoms with Crippen molar-refractivity contribution in [2.45, 2.75) is 6.92 Å². The fourth-order valence-electron chi connectivity index (χ4n) is 0.782. The summed E-state index contributed by atoms with van der Waals surface area (Å²) in [6.45, 7) is 2.38. The van der Waals surface area contributed by atoms with Crippen LogP contribution in [0.15, 0.2) is 18.3 Å². The molecule has 1 aromatic heterocycles. The first-order valence-corrected chi connectivity index (χ1v) is 3.68. The highest BCUT2D eigenvalue weighted by Crippen LogP contribution is 2.11. The Morgan fingerprint density at radius 3 is 3.17 bits per heavy atom. The predicted molar refractivity (Wildman–Crippen MR) is 50.6 cm³/mol. The molecular formula is C9H11N3. The molecule has 0 atom stereocenters. The Bertz CT molecular complexity index is 309. The minimum Gasteiger partial charge on any atom is -0.396 e. The van der Waals surface area contributed by atoms with Gasteiger partial charge in [0.25, 0.3) is 0 Å². The van der Waals surface area contributed by atoms with Crippen molar-refractivity contribution in [1.82, 2.24) is 4.98 Å². The van der Waals surface area contributed by atoms with Crippen molar-refractivity contribution in [3.8, 4) is 11.8 Å². The van der Waals surface area contributed by atoms with Gasteiger partial charge in [0.1, 0.15) is 5.82 Å². The molecule has 3 heteroatoms. The lowest BCUT2D eigenvalue weighted by atomic mass is 10.4. The lowest BCUT2D eigenvalue weighted by Crippen LogP contribution is -2.03. The number of rotatable bonds is 2. The molecule has 0 unspecified atom stereocenters. The first-order valence-electron chi connectivity index (χ1n) is 3.68. The van der Waals surface area contributed by atoms with E-state index >= 15 is 0 Å². The molecule has 0 fully saturated rings. The minimum atomic E-state index is 0.581. The predicted octanol–water partition coefficient (Wildman–Crippen LogP) is 1.10. The van der Waals surface area contributed by atoms with Crippen LogP contribution < -0.4 is 11.1 Å². The Morgan fingerprint density at radius 1 is 1.67 bits per heavy atom. The summed E-state index contributed by atoms with van der Waals surface area (Å²) < 4.78 is 0. The number of nitrogens with two attached hydrogens (primary N) is 1. The van der Waals surface area contributed by atoms with E-state index in [0.29, 0.717) is 18.1 Å². The average Bonchev–Trinajstić information content (AvgIpc) is 2.09. The highest BCUT2D eigenvalue weighted by molar-refractivity contribution is 5.60. The van der Waals surface area contributed by atoms with E-state index in [-0.39, 0.29) is 0 Å². The Morgan fingerprint density at radius 2 is 2.50 bits per heavy atom. The molecule has 1 aromatic rings. The fraction of sp³-hybridized carbons (Fsp3) is 0.222. The number of hydrogen-bond donors (Lipinski definition) is 2. The number of hydrogen-bond acceptors (Lipinski definition) is 3. The van der Waals surface area contributed by atoms with Gasteiger partial charge in [0, 0.05) is 6.20 Å². The summed E-state index contributed by atoms with van der Waals surface area (Å²) in [7, 11) is 0. The molecule has 3 N–H and O–H groups in total. The topological polar surface area (TPSA) is 50.9 Å². The molecule has 0 spiro atoms.